The van der Waals surface area contributed by atoms with Crippen LogP contribution in [-0.2, 0) is 9.59 Å². The Bertz CT molecular complexity index is 1090. The van der Waals surface area contributed by atoms with E-state index in [9.17, 15) is 18.8 Å². The summed E-state index contributed by atoms with van der Waals surface area (Å²) in [5.41, 5.74) is 1.25. The molecule has 2 saturated heterocycles. The van der Waals surface area contributed by atoms with E-state index < -0.39 is 29.3 Å². The zero-order valence-corrected chi connectivity index (χ0v) is 19.8. The van der Waals surface area contributed by atoms with Gasteiger partial charge >= 0.3 is 6.03 Å². The molecule has 2 heterocycles. The van der Waals surface area contributed by atoms with Crippen molar-refractivity contribution in [2.45, 2.75) is 17.7 Å². The standard InChI is InChI=1S/C23H26FN5O4S/c1-28-20-18(22(31)29(2)23(28)32)21(27-19(26-20)13-7-9-16(33-3)10-8-13)34-12-17(30)25-15-6-4-5-14(24)11-15/h4-11,18-21,26-27H,12H2,1-3H3,(H,25,30). The average molecular weight is 488 g/mol. The molecule has 0 aliphatic carbocycles. The number of carbonyl (C=O) groups excluding carboxylic acids is 3. The molecule has 180 valence electrons. The minimum atomic E-state index is -0.617. The van der Waals surface area contributed by atoms with Gasteiger partial charge in [0.1, 0.15) is 11.6 Å². The van der Waals surface area contributed by atoms with Crippen LogP contribution in [-0.4, -0.2) is 66.1 Å². The van der Waals surface area contributed by atoms with Crippen molar-refractivity contribution >= 4 is 35.3 Å². The number of carbonyl (C=O) groups is 3. The Hall–Kier alpha value is -3.15. The van der Waals surface area contributed by atoms with Crippen LogP contribution in [0.1, 0.15) is 11.7 Å². The van der Waals surface area contributed by atoms with Gasteiger partial charge in [0.05, 0.1) is 36.5 Å². The van der Waals surface area contributed by atoms with E-state index in [0.29, 0.717) is 11.4 Å². The van der Waals surface area contributed by atoms with E-state index in [4.69, 9.17) is 4.74 Å². The van der Waals surface area contributed by atoms with Crippen molar-refractivity contribution in [3.63, 3.8) is 0 Å². The van der Waals surface area contributed by atoms with E-state index in [1.165, 1.54) is 41.9 Å². The van der Waals surface area contributed by atoms with Gasteiger partial charge in [-0.15, -0.1) is 11.8 Å². The van der Waals surface area contributed by atoms with Crippen LogP contribution in [0.2, 0.25) is 0 Å². The molecule has 34 heavy (non-hydrogen) atoms. The van der Waals surface area contributed by atoms with Crippen molar-refractivity contribution in [1.82, 2.24) is 20.4 Å². The highest BCUT2D eigenvalue weighted by Gasteiger charge is 2.51. The van der Waals surface area contributed by atoms with Gasteiger partial charge in [0.15, 0.2) is 0 Å². The molecule has 4 unspecified atom stereocenters. The number of anilines is 1. The van der Waals surface area contributed by atoms with Crippen molar-refractivity contribution in [1.29, 1.82) is 0 Å². The summed E-state index contributed by atoms with van der Waals surface area (Å²) in [6, 6.07) is 12.7. The molecule has 4 rings (SSSR count). The van der Waals surface area contributed by atoms with Crippen LogP contribution < -0.4 is 20.7 Å². The third kappa shape index (κ3) is 4.86. The molecule has 0 bridgehead atoms. The van der Waals surface area contributed by atoms with Gasteiger partial charge < -0.3 is 15.0 Å². The number of urea groups is 1. The van der Waals surface area contributed by atoms with E-state index >= 15 is 0 Å². The van der Waals surface area contributed by atoms with Gasteiger partial charge in [-0.05, 0) is 35.9 Å². The number of ether oxygens (including phenoxy) is 1. The first kappa shape index (κ1) is 24.0. The maximum Gasteiger partial charge on any atom is 0.327 e. The quantitative estimate of drug-likeness (QED) is 0.574. The number of hydrogen-bond donors (Lipinski definition) is 3. The van der Waals surface area contributed by atoms with Crippen molar-refractivity contribution < 1.29 is 23.5 Å². The van der Waals surface area contributed by atoms with E-state index in [0.717, 1.165) is 10.5 Å². The molecule has 2 aliphatic rings. The van der Waals surface area contributed by atoms with E-state index in [2.05, 4.69) is 16.0 Å². The highest BCUT2D eigenvalue weighted by atomic mass is 32.2. The number of benzene rings is 2. The first-order valence-corrected chi connectivity index (χ1v) is 11.7. The highest BCUT2D eigenvalue weighted by molar-refractivity contribution is 8.00. The highest BCUT2D eigenvalue weighted by Crippen LogP contribution is 2.34. The van der Waals surface area contributed by atoms with Crippen LogP contribution in [0.25, 0.3) is 0 Å². The zero-order valence-electron chi connectivity index (χ0n) is 18.9. The lowest BCUT2D eigenvalue weighted by molar-refractivity contribution is -0.140. The largest absolute Gasteiger partial charge is 0.497 e. The van der Waals surface area contributed by atoms with Crippen molar-refractivity contribution in [2.24, 2.45) is 5.92 Å². The van der Waals surface area contributed by atoms with Gasteiger partial charge in [-0.3, -0.25) is 25.1 Å². The summed E-state index contributed by atoms with van der Waals surface area (Å²) < 4.78 is 18.6. The second kappa shape index (κ2) is 10.00. The monoisotopic (exact) mass is 487 g/mol. The van der Waals surface area contributed by atoms with Gasteiger partial charge in [-0.1, -0.05) is 18.2 Å². The van der Waals surface area contributed by atoms with Crippen molar-refractivity contribution in [2.75, 3.05) is 32.3 Å². The predicted octanol–water partition coefficient (Wildman–Crippen LogP) is 2.19. The normalized spacial score (nSPS) is 24.6. The topological polar surface area (TPSA) is 103 Å². The number of thioether (sulfide) groups is 1. The summed E-state index contributed by atoms with van der Waals surface area (Å²) in [6.45, 7) is 0. The molecule has 0 aromatic heterocycles. The lowest BCUT2D eigenvalue weighted by Gasteiger charge is -2.50. The fourth-order valence-electron chi connectivity index (χ4n) is 4.12. The van der Waals surface area contributed by atoms with Crippen LogP contribution in [0, 0.1) is 11.7 Å². The summed E-state index contributed by atoms with van der Waals surface area (Å²) in [7, 11) is 4.68. The SMILES string of the molecule is COc1ccc(C2NC(SCC(=O)Nc3cccc(F)c3)C3C(=O)N(C)C(=O)N(C)C3N2)cc1. The third-order valence-corrected chi connectivity index (χ3v) is 7.13. The number of nitrogens with zero attached hydrogens (tertiary/aromatic N) is 2. The maximum absolute atomic E-state index is 13.4. The molecule has 2 fully saturated rings. The van der Waals surface area contributed by atoms with Crippen LogP contribution in [0.3, 0.4) is 0 Å². The van der Waals surface area contributed by atoms with Gasteiger partial charge in [-0.2, -0.15) is 0 Å². The molecule has 4 atom stereocenters. The number of amides is 4. The molecule has 9 nitrogen and oxygen atoms in total. The second-order valence-corrected chi connectivity index (χ2v) is 9.22. The van der Waals surface area contributed by atoms with Crippen LogP contribution >= 0.6 is 11.8 Å². The number of hydrogen-bond acceptors (Lipinski definition) is 7. The number of rotatable bonds is 6. The van der Waals surface area contributed by atoms with E-state index in [-0.39, 0.29) is 23.7 Å². The second-order valence-electron chi connectivity index (χ2n) is 8.09. The van der Waals surface area contributed by atoms with E-state index in [1.807, 2.05) is 24.3 Å². The molecular formula is C23H26FN5O4S. The van der Waals surface area contributed by atoms with Gasteiger partial charge in [0, 0.05) is 19.8 Å². The molecule has 2 aliphatic heterocycles. The number of halogens is 1. The first-order valence-electron chi connectivity index (χ1n) is 10.7. The zero-order chi connectivity index (χ0) is 24.4. The molecule has 3 N–H and O–H groups in total. The van der Waals surface area contributed by atoms with Gasteiger partial charge in [-0.25, -0.2) is 9.18 Å². The molecule has 2 aromatic carbocycles. The van der Waals surface area contributed by atoms with Gasteiger partial charge in [0.25, 0.3) is 0 Å². The van der Waals surface area contributed by atoms with Crippen LogP contribution in [0.5, 0.6) is 5.75 Å². The number of methoxy groups -OCH3 is 1. The molecule has 0 saturated carbocycles. The number of fused-ring (bicyclic) bond motifs is 1. The molecule has 0 radical (unpaired) electrons. The van der Waals surface area contributed by atoms with Crippen LogP contribution in [0.15, 0.2) is 48.5 Å². The molecule has 0 spiro atoms. The summed E-state index contributed by atoms with van der Waals surface area (Å²) >= 11 is 1.26. The molecule has 4 amide bonds. The Morgan fingerprint density at radius 1 is 1.15 bits per heavy atom. The van der Waals surface area contributed by atoms with Gasteiger partial charge in [0.2, 0.25) is 11.8 Å². The Morgan fingerprint density at radius 3 is 2.56 bits per heavy atom. The Balaban J connectivity index is 1.53. The number of nitrogens with one attached hydrogen (secondary N) is 3. The summed E-state index contributed by atoms with van der Waals surface area (Å²) in [4.78, 5) is 40.8. The summed E-state index contributed by atoms with van der Waals surface area (Å²) in [5.74, 6) is -0.979. The molecule has 11 heteroatoms. The maximum atomic E-state index is 13.4. The van der Waals surface area contributed by atoms with Crippen LogP contribution in [0.4, 0.5) is 14.9 Å². The van der Waals surface area contributed by atoms with Crippen molar-refractivity contribution in [3.05, 3.63) is 59.9 Å². The summed E-state index contributed by atoms with van der Waals surface area (Å²) in [6.07, 6.45) is -0.935. The Kier molecular flexibility index (Phi) is 7.05. The fourth-order valence-corrected chi connectivity index (χ4v) is 5.22. The third-order valence-electron chi connectivity index (χ3n) is 5.91. The number of imide groups is 1. The van der Waals surface area contributed by atoms with Crippen molar-refractivity contribution in [3.8, 4) is 5.75 Å². The Labute approximate surface area is 201 Å². The minimum absolute atomic E-state index is 0.0292. The average Bonchev–Trinajstić information content (AvgIpc) is 2.84. The summed E-state index contributed by atoms with van der Waals surface area (Å²) in [5, 5.41) is 8.96. The molecule has 2 aromatic rings. The molecular weight excluding hydrogens is 461 g/mol. The lowest BCUT2D eigenvalue weighted by Crippen LogP contribution is -2.72. The fraction of sp³-hybridized carbons (Fsp3) is 0.348. The van der Waals surface area contributed by atoms with E-state index in [1.54, 1.807) is 20.2 Å². The minimum Gasteiger partial charge on any atom is -0.497 e. The first-order chi connectivity index (χ1) is 16.3. The smallest absolute Gasteiger partial charge is 0.327 e. The Morgan fingerprint density at radius 2 is 1.88 bits per heavy atom. The lowest BCUT2D eigenvalue weighted by atomic mass is 9.96. The predicted molar refractivity (Wildman–Crippen MR) is 126 cm³/mol.